The Morgan fingerprint density at radius 3 is 2.43 bits per heavy atom. The topological polar surface area (TPSA) is 64.7 Å². The Bertz CT molecular complexity index is 752. The number of rotatable bonds is 4. The van der Waals surface area contributed by atoms with Gasteiger partial charge >= 0.3 is 12.1 Å². The van der Waals surface area contributed by atoms with Crippen molar-refractivity contribution in [1.29, 1.82) is 0 Å². The number of amides is 2. The highest BCUT2D eigenvalue weighted by Crippen LogP contribution is 2.30. The summed E-state index contributed by atoms with van der Waals surface area (Å²) in [7, 11) is 0. The molecule has 1 aromatic carbocycles. The van der Waals surface area contributed by atoms with Gasteiger partial charge in [0.05, 0.1) is 11.4 Å². The van der Waals surface area contributed by atoms with Crippen LogP contribution in [0.3, 0.4) is 0 Å². The van der Waals surface area contributed by atoms with Crippen molar-refractivity contribution in [2.24, 2.45) is 0 Å². The molecule has 28 heavy (non-hydrogen) atoms. The summed E-state index contributed by atoms with van der Waals surface area (Å²) >= 11 is 11.2. The second-order valence-electron chi connectivity index (χ2n) is 6.19. The van der Waals surface area contributed by atoms with Crippen LogP contribution in [0, 0.1) is 0 Å². The average Bonchev–Trinajstić information content (AvgIpc) is 2.60. The third-order valence-electron chi connectivity index (χ3n) is 4.09. The molecular weight excluding hydrogens is 417 g/mol. The molecule has 1 fully saturated rings. The van der Waals surface area contributed by atoms with Gasteiger partial charge in [-0.3, -0.25) is 9.59 Å². The smallest absolute Gasteiger partial charge is 0.366 e. The molecule has 0 radical (unpaired) electrons. The number of benzene rings is 1. The zero-order chi connectivity index (χ0) is 20.9. The molecule has 1 saturated heterocycles. The van der Waals surface area contributed by atoms with Gasteiger partial charge in [0.15, 0.2) is 5.11 Å². The van der Waals surface area contributed by atoms with E-state index in [0.29, 0.717) is 29.2 Å². The maximum atomic E-state index is 12.6. The van der Waals surface area contributed by atoms with E-state index in [4.69, 9.17) is 23.8 Å². The van der Waals surface area contributed by atoms with E-state index in [1.54, 1.807) is 18.2 Å². The van der Waals surface area contributed by atoms with Crippen molar-refractivity contribution in [1.82, 2.24) is 10.2 Å². The summed E-state index contributed by atoms with van der Waals surface area (Å²) < 4.78 is 37.8. The van der Waals surface area contributed by atoms with Crippen LogP contribution in [0.15, 0.2) is 18.2 Å². The summed E-state index contributed by atoms with van der Waals surface area (Å²) in [4.78, 5) is 25.7. The minimum Gasteiger partial charge on any atom is -0.366 e. The maximum Gasteiger partial charge on any atom is 0.471 e. The third kappa shape index (κ3) is 5.96. The molecule has 0 saturated carbocycles. The Kier molecular flexibility index (Phi) is 7.48. The molecule has 6 nitrogen and oxygen atoms in total. The molecule has 1 aliphatic heterocycles. The number of hydrogen-bond acceptors (Lipinski definition) is 4. The van der Waals surface area contributed by atoms with Crippen LogP contribution in [0.5, 0.6) is 0 Å². The van der Waals surface area contributed by atoms with E-state index in [-0.39, 0.29) is 37.2 Å². The largest absolute Gasteiger partial charge is 0.471 e. The molecule has 0 spiro atoms. The number of halogens is 4. The zero-order valence-corrected chi connectivity index (χ0v) is 16.7. The van der Waals surface area contributed by atoms with Crippen molar-refractivity contribution in [3.63, 3.8) is 0 Å². The monoisotopic (exact) mass is 436 g/mol. The Balaban J connectivity index is 2.07. The molecule has 0 aliphatic carbocycles. The normalized spacial score (nSPS) is 14.6. The first kappa shape index (κ1) is 22.2. The quantitative estimate of drug-likeness (QED) is 0.710. The molecule has 0 unspecified atom stereocenters. The van der Waals surface area contributed by atoms with Gasteiger partial charge in [-0.15, -0.1) is 0 Å². The first-order valence-electron chi connectivity index (χ1n) is 8.63. The van der Waals surface area contributed by atoms with Crippen molar-refractivity contribution in [3.8, 4) is 0 Å². The number of anilines is 2. The Morgan fingerprint density at radius 2 is 1.86 bits per heavy atom. The summed E-state index contributed by atoms with van der Waals surface area (Å²) in [5.74, 6) is -2.05. The number of alkyl halides is 3. The van der Waals surface area contributed by atoms with Crippen molar-refractivity contribution < 1.29 is 22.8 Å². The second-order valence-corrected chi connectivity index (χ2v) is 7.04. The molecule has 154 valence electrons. The minimum absolute atomic E-state index is 0.0574. The van der Waals surface area contributed by atoms with Crippen LogP contribution in [0.2, 0.25) is 5.02 Å². The third-order valence-corrected chi connectivity index (χ3v) is 4.53. The predicted octanol–water partition coefficient (Wildman–Crippen LogP) is 3.16. The van der Waals surface area contributed by atoms with E-state index >= 15 is 0 Å². The molecule has 2 amide bonds. The molecule has 1 aromatic rings. The van der Waals surface area contributed by atoms with Gasteiger partial charge in [0.1, 0.15) is 0 Å². The number of nitrogens with one attached hydrogen (secondary N) is 2. The fourth-order valence-corrected chi connectivity index (χ4v) is 3.18. The summed E-state index contributed by atoms with van der Waals surface area (Å²) in [5.41, 5.74) is 1.18. The van der Waals surface area contributed by atoms with E-state index in [1.165, 1.54) is 0 Å². The fraction of sp³-hybridized carbons (Fsp3) is 0.471. The fourth-order valence-electron chi connectivity index (χ4n) is 2.78. The molecule has 2 rings (SSSR count). The maximum absolute atomic E-state index is 12.6. The molecule has 2 N–H and O–H groups in total. The van der Waals surface area contributed by atoms with Crippen LogP contribution in [0.25, 0.3) is 0 Å². The molecule has 0 bridgehead atoms. The predicted molar refractivity (Wildman–Crippen MR) is 106 cm³/mol. The minimum atomic E-state index is -4.88. The summed E-state index contributed by atoms with van der Waals surface area (Å²) in [5, 5.41) is 6.00. The number of carbonyl (C=O) groups is 2. The van der Waals surface area contributed by atoms with Crippen LogP contribution in [-0.4, -0.2) is 54.2 Å². The van der Waals surface area contributed by atoms with E-state index < -0.39 is 12.1 Å². The summed E-state index contributed by atoms with van der Waals surface area (Å²) in [6.45, 7) is 2.19. The van der Waals surface area contributed by atoms with E-state index in [0.717, 1.165) is 4.90 Å². The van der Waals surface area contributed by atoms with Crippen molar-refractivity contribution in [3.05, 3.63) is 23.2 Å². The van der Waals surface area contributed by atoms with Crippen LogP contribution >= 0.6 is 23.8 Å². The molecular formula is C17H20ClF3N4O2S. The van der Waals surface area contributed by atoms with Crippen LogP contribution in [-0.2, 0) is 9.59 Å². The summed E-state index contributed by atoms with van der Waals surface area (Å²) in [6.07, 6.45) is -3.87. The van der Waals surface area contributed by atoms with Crippen molar-refractivity contribution in [2.45, 2.75) is 25.9 Å². The summed E-state index contributed by atoms with van der Waals surface area (Å²) in [6, 6.07) is 4.97. The van der Waals surface area contributed by atoms with Crippen LogP contribution in [0.4, 0.5) is 24.5 Å². The van der Waals surface area contributed by atoms with Gasteiger partial charge in [-0.05, 0) is 36.8 Å². The Labute approximate surface area is 171 Å². The first-order valence-corrected chi connectivity index (χ1v) is 9.42. The molecule has 11 heteroatoms. The SMILES string of the molecule is CCCC(=O)NC(=S)Nc1cc(Cl)ccc1N1CCN(C(=O)C(F)(F)F)CC1. The highest BCUT2D eigenvalue weighted by Gasteiger charge is 2.43. The van der Waals surface area contributed by atoms with Gasteiger partial charge in [-0.25, -0.2) is 0 Å². The van der Waals surface area contributed by atoms with Crippen molar-refractivity contribution in [2.75, 3.05) is 36.4 Å². The van der Waals surface area contributed by atoms with Crippen LogP contribution in [0.1, 0.15) is 19.8 Å². The van der Waals surface area contributed by atoms with Gasteiger partial charge in [-0.1, -0.05) is 18.5 Å². The molecule has 1 heterocycles. The lowest BCUT2D eigenvalue weighted by Crippen LogP contribution is -2.52. The highest BCUT2D eigenvalue weighted by molar-refractivity contribution is 7.80. The number of thiocarbonyl (C=S) groups is 1. The van der Waals surface area contributed by atoms with Gasteiger partial charge in [0.25, 0.3) is 0 Å². The number of piperazine rings is 1. The average molecular weight is 437 g/mol. The number of hydrogen-bond donors (Lipinski definition) is 2. The van der Waals surface area contributed by atoms with E-state index in [2.05, 4.69) is 10.6 Å². The standard InChI is InChI=1S/C17H20ClF3N4O2S/c1-2-3-14(26)23-16(28)22-12-10-11(18)4-5-13(12)24-6-8-25(9-7-24)15(27)17(19,20)21/h4-5,10H,2-3,6-9H2,1H3,(H2,22,23,26,28). The first-order chi connectivity index (χ1) is 13.1. The number of carbonyl (C=O) groups excluding carboxylic acids is 2. The van der Waals surface area contributed by atoms with Gasteiger partial charge < -0.3 is 20.4 Å². The van der Waals surface area contributed by atoms with E-state index in [1.807, 2.05) is 11.8 Å². The molecule has 1 aliphatic rings. The van der Waals surface area contributed by atoms with Crippen LogP contribution < -0.4 is 15.5 Å². The number of nitrogens with zero attached hydrogens (tertiary/aromatic N) is 2. The molecule has 0 atom stereocenters. The van der Waals surface area contributed by atoms with Gasteiger partial charge in [-0.2, -0.15) is 13.2 Å². The highest BCUT2D eigenvalue weighted by atomic mass is 35.5. The van der Waals surface area contributed by atoms with Gasteiger partial charge in [0, 0.05) is 37.6 Å². The molecule has 0 aromatic heterocycles. The van der Waals surface area contributed by atoms with Gasteiger partial charge in [0.2, 0.25) is 5.91 Å². The van der Waals surface area contributed by atoms with Crippen molar-refractivity contribution >= 4 is 52.1 Å². The lowest BCUT2D eigenvalue weighted by molar-refractivity contribution is -0.185. The second kappa shape index (κ2) is 9.42. The lowest BCUT2D eigenvalue weighted by Gasteiger charge is -2.37. The lowest BCUT2D eigenvalue weighted by atomic mass is 10.2. The zero-order valence-electron chi connectivity index (χ0n) is 15.1. The van der Waals surface area contributed by atoms with E-state index in [9.17, 15) is 22.8 Å². The Morgan fingerprint density at radius 1 is 1.21 bits per heavy atom. The Hall–Kier alpha value is -2.07.